The fourth-order valence-electron chi connectivity index (χ4n) is 3.24. The Labute approximate surface area is 141 Å². The number of carbonyl (C=O) groups excluding carboxylic acids is 1. The Hall–Kier alpha value is -1.78. The molecule has 5 heteroatoms. The molecule has 122 valence electrons. The van der Waals surface area contributed by atoms with E-state index in [1.165, 1.54) is 0 Å². The summed E-state index contributed by atoms with van der Waals surface area (Å²) in [7, 11) is 0. The first-order valence-electron chi connectivity index (χ1n) is 7.89. The molecular weight excluding hydrogens is 312 g/mol. The Balaban J connectivity index is 1.72. The molecule has 1 aliphatic heterocycles. The number of benzene rings is 2. The minimum atomic E-state index is 0.00693. The van der Waals surface area contributed by atoms with Crippen molar-refractivity contribution < 1.29 is 9.53 Å². The normalized spacial score (nSPS) is 20.9. The molecule has 0 spiro atoms. The maximum atomic E-state index is 12.4. The van der Waals surface area contributed by atoms with E-state index in [0.29, 0.717) is 23.2 Å². The average molecular weight is 333 g/mol. The summed E-state index contributed by atoms with van der Waals surface area (Å²) in [6.45, 7) is 3.44. The summed E-state index contributed by atoms with van der Waals surface area (Å²) in [4.78, 5) is 14.3. The molecule has 3 rings (SSSR count). The van der Waals surface area contributed by atoms with E-state index in [2.05, 4.69) is 6.92 Å². The number of nitrogens with two attached hydrogens (primary N) is 1. The Morgan fingerprint density at radius 1 is 1.30 bits per heavy atom. The van der Waals surface area contributed by atoms with Crippen molar-refractivity contribution in [1.29, 1.82) is 0 Å². The van der Waals surface area contributed by atoms with Crippen LogP contribution in [-0.4, -0.2) is 36.5 Å². The molecule has 0 bridgehead atoms. The summed E-state index contributed by atoms with van der Waals surface area (Å²) >= 11 is 6.20. The molecule has 2 aromatic rings. The lowest BCUT2D eigenvalue weighted by Crippen LogP contribution is -2.37. The monoisotopic (exact) mass is 332 g/mol. The number of amides is 1. The zero-order valence-corrected chi connectivity index (χ0v) is 13.9. The maximum absolute atomic E-state index is 12.4. The van der Waals surface area contributed by atoms with Gasteiger partial charge in [0.1, 0.15) is 5.75 Å². The lowest BCUT2D eigenvalue weighted by Gasteiger charge is -2.21. The van der Waals surface area contributed by atoms with Crippen LogP contribution in [0.3, 0.4) is 0 Å². The SMILES string of the molecule is CC1CC(CN)CN1C(=O)COc1ccc(Cl)c2ccccc12. The van der Waals surface area contributed by atoms with E-state index in [0.717, 1.165) is 23.7 Å². The molecule has 0 saturated carbocycles. The highest BCUT2D eigenvalue weighted by molar-refractivity contribution is 6.35. The van der Waals surface area contributed by atoms with Crippen molar-refractivity contribution in [2.75, 3.05) is 19.7 Å². The summed E-state index contributed by atoms with van der Waals surface area (Å²) in [6, 6.07) is 11.6. The van der Waals surface area contributed by atoms with Gasteiger partial charge in [-0.15, -0.1) is 0 Å². The van der Waals surface area contributed by atoms with Crippen LogP contribution in [0.2, 0.25) is 5.02 Å². The number of rotatable bonds is 4. The third-order valence-corrected chi connectivity index (χ3v) is 4.83. The average Bonchev–Trinajstić information content (AvgIpc) is 2.95. The van der Waals surface area contributed by atoms with Gasteiger partial charge in [-0.1, -0.05) is 35.9 Å². The van der Waals surface area contributed by atoms with Crippen LogP contribution in [0.15, 0.2) is 36.4 Å². The number of nitrogens with zero attached hydrogens (tertiary/aromatic N) is 1. The third-order valence-electron chi connectivity index (χ3n) is 4.50. The van der Waals surface area contributed by atoms with Crippen LogP contribution < -0.4 is 10.5 Å². The molecular formula is C18H21ClN2O2. The molecule has 0 aliphatic carbocycles. The molecule has 4 nitrogen and oxygen atoms in total. The Bertz CT molecular complexity index is 719. The van der Waals surface area contributed by atoms with Crippen LogP contribution in [0.4, 0.5) is 0 Å². The Morgan fingerprint density at radius 2 is 2.04 bits per heavy atom. The number of likely N-dealkylation sites (tertiary alicyclic amines) is 1. The van der Waals surface area contributed by atoms with Crippen LogP contribution >= 0.6 is 11.6 Å². The second-order valence-corrected chi connectivity index (χ2v) is 6.52. The van der Waals surface area contributed by atoms with Crippen molar-refractivity contribution in [1.82, 2.24) is 4.90 Å². The minimum Gasteiger partial charge on any atom is -0.483 e. The topological polar surface area (TPSA) is 55.6 Å². The summed E-state index contributed by atoms with van der Waals surface area (Å²) in [6.07, 6.45) is 0.964. The first kappa shape index (κ1) is 16.1. The molecule has 0 radical (unpaired) electrons. The quantitative estimate of drug-likeness (QED) is 0.936. The molecule has 0 aromatic heterocycles. The number of ether oxygens (including phenoxy) is 1. The number of carbonyl (C=O) groups is 1. The van der Waals surface area contributed by atoms with Gasteiger partial charge in [0, 0.05) is 28.4 Å². The first-order valence-corrected chi connectivity index (χ1v) is 8.27. The van der Waals surface area contributed by atoms with Crippen LogP contribution in [0, 0.1) is 5.92 Å². The highest BCUT2D eigenvalue weighted by Gasteiger charge is 2.31. The van der Waals surface area contributed by atoms with Crippen LogP contribution in [0.1, 0.15) is 13.3 Å². The van der Waals surface area contributed by atoms with Gasteiger partial charge in [0.2, 0.25) is 0 Å². The third kappa shape index (κ3) is 3.28. The van der Waals surface area contributed by atoms with Gasteiger partial charge in [-0.05, 0) is 37.9 Å². The largest absolute Gasteiger partial charge is 0.483 e. The molecule has 1 heterocycles. The van der Waals surface area contributed by atoms with Crippen molar-refractivity contribution in [2.24, 2.45) is 11.7 Å². The fourth-order valence-corrected chi connectivity index (χ4v) is 3.47. The Kier molecular flexibility index (Phi) is 4.74. The smallest absolute Gasteiger partial charge is 0.260 e. The number of halogens is 1. The van der Waals surface area contributed by atoms with Crippen LogP contribution in [0.25, 0.3) is 10.8 Å². The summed E-state index contributed by atoms with van der Waals surface area (Å²) in [5.74, 6) is 1.08. The van der Waals surface area contributed by atoms with Gasteiger partial charge < -0.3 is 15.4 Å². The lowest BCUT2D eigenvalue weighted by atomic mass is 10.1. The summed E-state index contributed by atoms with van der Waals surface area (Å²) in [5.41, 5.74) is 5.72. The van der Waals surface area contributed by atoms with Gasteiger partial charge in [-0.25, -0.2) is 0 Å². The standard InChI is InChI=1S/C18H21ClN2O2/c1-12-8-13(9-20)10-21(12)18(22)11-23-17-7-6-16(19)14-4-2-3-5-15(14)17/h2-7,12-13H,8-11,20H2,1H3. The van der Waals surface area contributed by atoms with Gasteiger partial charge in [0.25, 0.3) is 5.91 Å². The molecule has 2 N–H and O–H groups in total. The maximum Gasteiger partial charge on any atom is 0.260 e. The van der Waals surface area contributed by atoms with Crippen molar-refractivity contribution in [3.8, 4) is 5.75 Å². The zero-order valence-electron chi connectivity index (χ0n) is 13.2. The van der Waals surface area contributed by atoms with E-state index in [4.69, 9.17) is 22.1 Å². The van der Waals surface area contributed by atoms with Crippen LogP contribution in [0.5, 0.6) is 5.75 Å². The van der Waals surface area contributed by atoms with Gasteiger partial charge >= 0.3 is 0 Å². The van der Waals surface area contributed by atoms with Gasteiger partial charge in [0.05, 0.1) is 0 Å². The second-order valence-electron chi connectivity index (χ2n) is 6.11. The van der Waals surface area contributed by atoms with Crippen molar-refractivity contribution >= 4 is 28.3 Å². The lowest BCUT2D eigenvalue weighted by molar-refractivity contribution is -0.133. The minimum absolute atomic E-state index is 0.00693. The van der Waals surface area contributed by atoms with E-state index in [1.807, 2.05) is 35.2 Å². The number of fused-ring (bicyclic) bond motifs is 1. The first-order chi connectivity index (χ1) is 11.1. The molecule has 2 atom stereocenters. The summed E-state index contributed by atoms with van der Waals surface area (Å²) in [5, 5.41) is 2.53. The molecule has 1 aliphatic rings. The van der Waals surface area contributed by atoms with E-state index < -0.39 is 0 Å². The van der Waals surface area contributed by atoms with Crippen LogP contribution in [-0.2, 0) is 4.79 Å². The van der Waals surface area contributed by atoms with Gasteiger partial charge in [-0.3, -0.25) is 4.79 Å². The van der Waals surface area contributed by atoms with Crippen molar-refractivity contribution in [3.05, 3.63) is 41.4 Å². The predicted molar refractivity (Wildman–Crippen MR) is 92.8 cm³/mol. The highest BCUT2D eigenvalue weighted by Crippen LogP contribution is 2.31. The molecule has 2 unspecified atom stereocenters. The predicted octanol–water partition coefficient (Wildman–Crippen LogP) is 3.07. The van der Waals surface area contributed by atoms with Gasteiger partial charge in [-0.2, -0.15) is 0 Å². The van der Waals surface area contributed by atoms with E-state index >= 15 is 0 Å². The van der Waals surface area contributed by atoms with Crippen molar-refractivity contribution in [3.63, 3.8) is 0 Å². The fraction of sp³-hybridized carbons (Fsp3) is 0.389. The Morgan fingerprint density at radius 3 is 2.74 bits per heavy atom. The van der Waals surface area contributed by atoms with E-state index in [-0.39, 0.29) is 18.6 Å². The van der Waals surface area contributed by atoms with Gasteiger partial charge in [0.15, 0.2) is 6.61 Å². The molecule has 2 aromatic carbocycles. The number of hydrogen-bond acceptors (Lipinski definition) is 3. The summed E-state index contributed by atoms with van der Waals surface area (Å²) < 4.78 is 5.78. The number of hydrogen-bond donors (Lipinski definition) is 1. The molecule has 1 amide bonds. The molecule has 23 heavy (non-hydrogen) atoms. The second kappa shape index (κ2) is 6.77. The molecule has 1 saturated heterocycles. The highest BCUT2D eigenvalue weighted by atomic mass is 35.5. The van der Waals surface area contributed by atoms with Crippen molar-refractivity contribution in [2.45, 2.75) is 19.4 Å². The van der Waals surface area contributed by atoms with E-state index in [9.17, 15) is 4.79 Å². The molecule has 1 fully saturated rings. The zero-order chi connectivity index (χ0) is 16.4. The van der Waals surface area contributed by atoms with E-state index in [1.54, 1.807) is 6.07 Å².